The molecule has 0 saturated heterocycles. The van der Waals surface area contributed by atoms with Crippen molar-refractivity contribution in [1.29, 1.82) is 0 Å². The van der Waals surface area contributed by atoms with Crippen LogP contribution in [0.2, 0.25) is 0 Å². The van der Waals surface area contributed by atoms with E-state index in [-0.39, 0.29) is 10.8 Å². The Morgan fingerprint density at radius 3 is 2.21 bits per heavy atom. The summed E-state index contributed by atoms with van der Waals surface area (Å²) in [4.78, 5) is 12.5. The van der Waals surface area contributed by atoms with Gasteiger partial charge in [0.05, 0.1) is 10.6 Å². The summed E-state index contributed by atoms with van der Waals surface area (Å²) in [5.41, 5.74) is 3.48. The average Bonchev–Trinajstić information content (AvgIpc) is 2.69. The van der Waals surface area contributed by atoms with E-state index < -0.39 is 10.0 Å². The molecule has 0 aliphatic heterocycles. The molecule has 3 aromatic carbocycles. The molecule has 0 saturated carbocycles. The Kier molecular flexibility index (Phi) is 5.80. The molecule has 3 aromatic rings. The number of carbonyl (C=O) groups is 1. The Labute approximate surface area is 165 Å². The Hall–Kier alpha value is -3.12. The van der Waals surface area contributed by atoms with Crippen LogP contribution in [0.4, 0.5) is 11.4 Å². The summed E-state index contributed by atoms with van der Waals surface area (Å²) < 4.78 is 28.0. The number of benzene rings is 3. The van der Waals surface area contributed by atoms with Gasteiger partial charge >= 0.3 is 0 Å². The summed E-state index contributed by atoms with van der Waals surface area (Å²) in [5.74, 6) is -0.233. The van der Waals surface area contributed by atoms with Gasteiger partial charge in [0.2, 0.25) is 0 Å². The highest BCUT2D eigenvalue weighted by Crippen LogP contribution is 2.22. The van der Waals surface area contributed by atoms with Crippen molar-refractivity contribution in [2.24, 2.45) is 0 Å². The molecular formula is C22H22N2O3S. The van der Waals surface area contributed by atoms with Crippen molar-refractivity contribution in [1.82, 2.24) is 0 Å². The van der Waals surface area contributed by atoms with E-state index in [9.17, 15) is 13.2 Å². The summed E-state index contributed by atoms with van der Waals surface area (Å²) in [5, 5.41) is 2.79. The van der Waals surface area contributed by atoms with Gasteiger partial charge in [-0.15, -0.1) is 0 Å². The van der Waals surface area contributed by atoms with E-state index in [1.165, 1.54) is 12.1 Å². The maximum absolute atomic E-state index is 12.7. The second-order valence-corrected chi connectivity index (χ2v) is 8.09. The number of amides is 1. The molecule has 5 nitrogen and oxygen atoms in total. The lowest BCUT2D eigenvalue weighted by atomic mass is 10.1. The van der Waals surface area contributed by atoms with Crippen molar-refractivity contribution in [3.8, 4) is 0 Å². The standard InChI is InChI=1S/C22H22N2O3S/c1-3-17-9-5-7-11-21(17)24-28(26,27)19-14-12-18(13-15-19)23-22(25)20-10-6-4-8-16(20)2/h4-15,24H,3H2,1-2H3,(H,23,25). The molecular weight excluding hydrogens is 372 g/mol. The van der Waals surface area contributed by atoms with E-state index in [1.807, 2.05) is 38.1 Å². The minimum atomic E-state index is -3.71. The quantitative estimate of drug-likeness (QED) is 0.641. The first-order valence-corrected chi connectivity index (χ1v) is 10.5. The molecule has 28 heavy (non-hydrogen) atoms. The molecule has 1 amide bonds. The van der Waals surface area contributed by atoms with Crippen LogP contribution in [-0.4, -0.2) is 14.3 Å². The van der Waals surface area contributed by atoms with E-state index in [4.69, 9.17) is 0 Å². The van der Waals surface area contributed by atoms with Gasteiger partial charge in [-0.05, 0) is 60.9 Å². The smallest absolute Gasteiger partial charge is 0.261 e. The van der Waals surface area contributed by atoms with Crippen LogP contribution in [0.5, 0.6) is 0 Å². The molecule has 3 rings (SSSR count). The maximum Gasteiger partial charge on any atom is 0.261 e. The van der Waals surface area contributed by atoms with Crippen molar-refractivity contribution in [2.75, 3.05) is 10.0 Å². The molecule has 0 unspecified atom stereocenters. The minimum Gasteiger partial charge on any atom is -0.322 e. The highest BCUT2D eigenvalue weighted by Gasteiger charge is 2.16. The number of carbonyl (C=O) groups excluding carboxylic acids is 1. The third-order valence-corrected chi connectivity index (χ3v) is 5.84. The van der Waals surface area contributed by atoms with Crippen molar-refractivity contribution >= 4 is 27.3 Å². The zero-order valence-corrected chi connectivity index (χ0v) is 16.6. The minimum absolute atomic E-state index is 0.132. The highest BCUT2D eigenvalue weighted by molar-refractivity contribution is 7.92. The molecule has 0 aliphatic rings. The van der Waals surface area contributed by atoms with Crippen molar-refractivity contribution in [3.05, 3.63) is 89.5 Å². The van der Waals surface area contributed by atoms with Crippen LogP contribution < -0.4 is 10.0 Å². The maximum atomic E-state index is 12.7. The van der Waals surface area contributed by atoms with Crippen molar-refractivity contribution in [3.63, 3.8) is 0 Å². The Morgan fingerprint density at radius 2 is 1.54 bits per heavy atom. The van der Waals surface area contributed by atoms with Crippen molar-refractivity contribution < 1.29 is 13.2 Å². The summed E-state index contributed by atoms with van der Waals surface area (Å²) in [6.07, 6.45) is 0.725. The van der Waals surface area contributed by atoms with Crippen LogP contribution >= 0.6 is 0 Å². The van der Waals surface area contributed by atoms with Crippen LogP contribution in [-0.2, 0) is 16.4 Å². The second-order valence-electron chi connectivity index (χ2n) is 6.41. The van der Waals surface area contributed by atoms with E-state index >= 15 is 0 Å². The molecule has 0 heterocycles. The number of anilines is 2. The third-order valence-electron chi connectivity index (χ3n) is 4.45. The first-order valence-electron chi connectivity index (χ1n) is 8.98. The number of rotatable bonds is 6. The van der Waals surface area contributed by atoms with Crippen LogP contribution in [0.1, 0.15) is 28.4 Å². The molecule has 144 valence electrons. The van der Waals surface area contributed by atoms with Gasteiger partial charge in [0.15, 0.2) is 0 Å². The monoisotopic (exact) mass is 394 g/mol. The topological polar surface area (TPSA) is 75.3 Å². The van der Waals surface area contributed by atoms with Gasteiger partial charge in [0.25, 0.3) is 15.9 Å². The lowest BCUT2D eigenvalue weighted by Gasteiger charge is -2.12. The average molecular weight is 394 g/mol. The fourth-order valence-corrected chi connectivity index (χ4v) is 3.98. The van der Waals surface area contributed by atoms with Gasteiger partial charge in [-0.1, -0.05) is 43.3 Å². The van der Waals surface area contributed by atoms with Crippen molar-refractivity contribution in [2.45, 2.75) is 25.2 Å². The largest absolute Gasteiger partial charge is 0.322 e. The lowest BCUT2D eigenvalue weighted by Crippen LogP contribution is -2.15. The molecule has 0 fully saturated rings. The van der Waals surface area contributed by atoms with E-state index in [2.05, 4.69) is 10.0 Å². The Bertz CT molecular complexity index is 1090. The molecule has 0 aromatic heterocycles. The zero-order valence-electron chi connectivity index (χ0n) is 15.8. The predicted molar refractivity (Wildman–Crippen MR) is 112 cm³/mol. The molecule has 0 spiro atoms. The molecule has 0 radical (unpaired) electrons. The van der Waals surface area contributed by atoms with Gasteiger partial charge in [-0.2, -0.15) is 0 Å². The molecule has 0 aliphatic carbocycles. The predicted octanol–water partition coefficient (Wildman–Crippen LogP) is 4.61. The summed E-state index contributed by atoms with van der Waals surface area (Å²) in [6.45, 7) is 3.84. The van der Waals surface area contributed by atoms with Gasteiger partial charge in [0, 0.05) is 11.3 Å². The van der Waals surface area contributed by atoms with Gasteiger partial charge < -0.3 is 5.32 Å². The first kappa shape index (κ1) is 19.6. The lowest BCUT2D eigenvalue weighted by molar-refractivity contribution is 0.102. The SMILES string of the molecule is CCc1ccccc1NS(=O)(=O)c1ccc(NC(=O)c2ccccc2C)cc1. The third kappa shape index (κ3) is 4.40. The van der Waals surface area contributed by atoms with Gasteiger partial charge in [-0.3, -0.25) is 9.52 Å². The number of hydrogen-bond acceptors (Lipinski definition) is 3. The Morgan fingerprint density at radius 1 is 0.893 bits per heavy atom. The normalized spacial score (nSPS) is 11.1. The number of para-hydroxylation sites is 1. The fourth-order valence-electron chi connectivity index (χ4n) is 2.88. The van der Waals surface area contributed by atoms with Gasteiger partial charge in [0.1, 0.15) is 0 Å². The van der Waals surface area contributed by atoms with Gasteiger partial charge in [-0.25, -0.2) is 8.42 Å². The summed E-state index contributed by atoms with van der Waals surface area (Å²) >= 11 is 0. The van der Waals surface area contributed by atoms with E-state index in [0.717, 1.165) is 17.5 Å². The molecule has 2 N–H and O–H groups in total. The van der Waals surface area contributed by atoms with E-state index in [1.54, 1.807) is 36.4 Å². The fraction of sp³-hybridized carbons (Fsp3) is 0.136. The molecule has 0 atom stereocenters. The second kappa shape index (κ2) is 8.27. The molecule has 6 heteroatoms. The number of sulfonamides is 1. The number of aryl methyl sites for hydroxylation is 2. The number of hydrogen-bond donors (Lipinski definition) is 2. The molecule has 0 bridgehead atoms. The zero-order chi connectivity index (χ0) is 20.1. The highest BCUT2D eigenvalue weighted by atomic mass is 32.2. The van der Waals surface area contributed by atoms with E-state index in [0.29, 0.717) is 16.9 Å². The summed E-state index contributed by atoms with van der Waals surface area (Å²) in [7, 11) is -3.71. The van der Waals surface area contributed by atoms with Crippen LogP contribution in [0, 0.1) is 6.92 Å². The Balaban J connectivity index is 1.76. The van der Waals surface area contributed by atoms with Crippen LogP contribution in [0.15, 0.2) is 77.7 Å². The summed E-state index contributed by atoms with van der Waals surface area (Å²) in [6, 6.07) is 20.7. The number of nitrogens with one attached hydrogen (secondary N) is 2. The van der Waals surface area contributed by atoms with Crippen LogP contribution in [0.3, 0.4) is 0 Å². The van der Waals surface area contributed by atoms with Crippen LogP contribution in [0.25, 0.3) is 0 Å². The first-order chi connectivity index (χ1) is 13.4.